The molecule has 2 aromatic carbocycles. The lowest BCUT2D eigenvalue weighted by atomic mass is 9.96. The van der Waals surface area contributed by atoms with E-state index >= 15 is 0 Å². The van der Waals surface area contributed by atoms with E-state index in [1.165, 1.54) is 12.1 Å². The summed E-state index contributed by atoms with van der Waals surface area (Å²) in [5, 5.41) is 6.90. The Morgan fingerprint density at radius 2 is 1.83 bits per heavy atom. The lowest BCUT2D eigenvalue weighted by Crippen LogP contribution is -2.43. The van der Waals surface area contributed by atoms with Gasteiger partial charge in [-0.3, -0.25) is 9.59 Å². The summed E-state index contributed by atoms with van der Waals surface area (Å²) in [6, 6.07) is 15.2. The molecule has 0 aliphatic carbocycles. The topological polar surface area (TPSA) is 134 Å². The lowest BCUT2D eigenvalue weighted by molar-refractivity contribution is -0.131. The van der Waals surface area contributed by atoms with Crippen LogP contribution in [0.3, 0.4) is 0 Å². The minimum absolute atomic E-state index is 0.00397. The standard InChI is InChI=1S/C24H27N5O5S/c1-2-21(30)26-19-8-6-7-18(15-19)23-27-24(34-28-23)17-11-13-29(14-12-17)22(31)16-25-35(32,33)20-9-4-3-5-10-20/h3-10,15,17,25H,2,11-14,16H2,1H3,(H,26,30). The largest absolute Gasteiger partial charge is 0.342 e. The van der Waals surface area contributed by atoms with Crippen molar-refractivity contribution in [1.82, 2.24) is 19.8 Å². The summed E-state index contributed by atoms with van der Waals surface area (Å²) in [7, 11) is -3.74. The molecule has 0 spiro atoms. The Balaban J connectivity index is 1.31. The Morgan fingerprint density at radius 1 is 1.09 bits per heavy atom. The van der Waals surface area contributed by atoms with Gasteiger partial charge in [-0.1, -0.05) is 42.4 Å². The maximum atomic E-state index is 12.6. The lowest BCUT2D eigenvalue weighted by Gasteiger charge is -2.30. The van der Waals surface area contributed by atoms with Crippen LogP contribution in [0.15, 0.2) is 64.0 Å². The van der Waals surface area contributed by atoms with Crippen molar-refractivity contribution >= 4 is 27.5 Å². The monoisotopic (exact) mass is 497 g/mol. The molecule has 2 amide bonds. The van der Waals surface area contributed by atoms with Gasteiger partial charge >= 0.3 is 0 Å². The van der Waals surface area contributed by atoms with Crippen molar-refractivity contribution in [2.24, 2.45) is 0 Å². The van der Waals surface area contributed by atoms with Crippen LogP contribution >= 0.6 is 0 Å². The Hall–Kier alpha value is -3.57. The van der Waals surface area contributed by atoms with Crippen LogP contribution in [0.1, 0.15) is 38.0 Å². The molecule has 0 bridgehead atoms. The number of carbonyl (C=O) groups excluding carboxylic acids is 2. The SMILES string of the molecule is CCC(=O)Nc1cccc(-c2noc(C3CCN(C(=O)CNS(=O)(=O)c4ccccc4)CC3)n2)c1. The summed E-state index contributed by atoms with van der Waals surface area (Å²) < 4.78 is 32.5. The molecule has 2 heterocycles. The molecule has 10 nitrogen and oxygen atoms in total. The number of rotatable bonds is 8. The molecule has 3 aromatic rings. The number of hydrogen-bond acceptors (Lipinski definition) is 7. The minimum Gasteiger partial charge on any atom is -0.342 e. The Kier molecular flexibility index (Phi) is 7.57. The highest BCUT2D eigenvalue weighted by Gasteiger charge is 2.28. The third-order valence-electron chi connectivity index (χ3n) is 5.83. The highest BCUT2D eigenvalue weighted by atomic mass is 32.2. The van der Waals surface area contributed by atoms with Gasteiger partial charge in [-0.15, -0.1) is 0 Å². The highest BCUT2D eigenvalue weighted by Crippen LogP contribution is 2.29. The molecule has 1 aliphatic rings. The number of carbonyl (C=O) groups is 2. The summed E-state index contributed by atoms with van der Waals surface area (Å²) in [5.74, 6) is 0.579. The average Bonchev–Trinajstić information content (AvgIpc) is 3.38. The van der Waals surface area contributed by atoms with Gasteiger partial charge in [0.05, 0.1) is 11.4 Å². The van der Waals surface area contributed by atoms with Crippen molar-refractivity contribution in [3.8, 4) is 11.4 Å². The van der Waals surface area contributed by atoms with Crippen LogP contribution in [-0.4, -0.2) is 54.9 Å². The number of anilines is 1. The van der Waals surface area contributed by atoms with Crippen LogP contribution in [-0.2, 0) is 19.6 Å². The van der Waals surface area contributed by atoms with E-state index in [2.05, 4.69) is 20.2 Å². The van der Waals surface area contributed by atoms with Crippen LogP contribution < -0.4 is 10.0 Å². The molecular formula is C24H27N5O5S. The molecule has 1 aromatic heterocycles. The molecule has 0 radical (unpaired) electrons. The van der Waals surface area contributed by atoms with E-state index in [9.17, 15) is 18.0 Å². The van der Waals surface area contributed by atoms with Crippen molar-refractivity contribution in [3.05, 3.63) is 60.5 Å². The number of nitrogens with zero attached hydrogens (tertiary/aromatic N) is 3. The maximum absolute atomic E-state index is 12.6. The molecule has 0 atom stereocenters. The van der Waals surface area contributed by atoms with E-state index in [-0.39, 0.29) is 29.2 Å². The predicted molar refractivity (Wildman–Crippen MR) is 129 cm³/mol. The van der Waals surface area contributed by atoms with Gasteiger partial charge in [-0.2, -0.15) is 4.98 Å². The third-order valence-corrected chi connectivity index (χ3v) is 7.25. The van der Waals surface area contributed by atoms with Gasteiger partial charge in [0.15, 0.2) is 0 Å². The maximum Gasteiger partial charge on any atom is 0.241 e. The van der Waals surface area contributed by atoms with Gasteiger partial charge in [-0.05, 0) is 37.1 Å². The number of hydrogen-bond donors (Lipinski definition) is 2. The van der Waals surface area contributed by atoms with Crippen molar-refractivity contribution in [2.45, 2.75) is 37.0 Å². The Labute approximate surface area is 203 Å². The molecule has 0 unspecified atom stereocenters. The second kappa shape index (κ2) is 10.8. The van der Waals surface area contributed by atoms with Gasteiger partial charge in [0.2, 0.25) is 33.6 Å². The number of likely N-dealkylation sites (tertiary alicyclic amines) is 1. The molecule has 11 heteroatoms. The first-order chi connectivity index (χ1) is 16.9. The molecule has 4 rings (SSSR count). The molecule has 1 aliphatic heterocycles. The van der Waals surface area contributed by atoms with Gasteiger partial charge in [0, 0.05) is 36.7 Å². The first-order valence-electron chi connectivity index (χ1n) is 11.4. The number of aromatic nitrogens is 2. The number of piperidine rings is 1. The third kappa shape index (κ3) is 6.11. The summed E-state index contributed by atoms with van der Waals surface area (Å²) in [4.78, 5) is 30.5. The summed E-state index contributed by atoms with van der Waals surface area (Å²) >= 11 is 0. The van der Waals surface area contributed by atoms with Gasteiger partial charge in [0.1, 0.15) is 0 Å². The quantitative estimate of drug-likeness (QED) is 0.489. The van der Waals surface area contributed by atoms with Crippen molar-refractivity contribution in [1.29, 1.82) is 0 Å². The van der Waals surface area contributed by atoms with E-state index in [4.69, 9.17) is 4.52 Å². The Morgan fingerprint density at radius 3 is 2.54 bits per heavy atom. The van der Waals surface area contributed by atoms with E-state index in [0.717, 1.165) is 5.56 Å². The summed E-state index contributed by atoms with van der Waals surface area (Å²) in [6.45, 7) is 2.42. The fourth-order valence-corrected chi connectivity index (χ4v) is 4.83. The predicted octanol–water partition coefficient (Wildman–Crippen LogP) is 2.77. The summed E-state index contributed by atoms with van der Waals surface area (Å²) in [6.07, 6.45) is 1.65. The second-order valence-electron chi connectivity index (χ2n) is 8.23. The normalized spacial score (nSPS) is 14.6. The number of nitrogens with one attached hydrogen (secondary N) is 2. The van der Waals surface area contributed by atoms with Crippen LogP contribution in [0.5, 0.6) is 0 Å². The second-order valence-corrected chi connectivity index (χ2v) is 10.00. The smallest absolute Gasteiger partial charge is 0.241 e. The summed E-state index contributed by atoms with van der Waals surface area (Å²) in [5.41, 5.74) is 1.39. The van der Waals surface area contributed by atoms with Crippen LogP contribution in [0.4, 0.5) is 5.69 Å². The first-order valence-corrected chi connectivity index (χ1v) is 12.9. The molecule has 35 heavy (non-hydrogen) atoms. The highest BCUT2D eigenvalue weighted by molar-refractivity contribution is 7.89. The molecule has 184 valence electrons. The van der Waals surface area contributed by atoms with Gasteiger partial charge in [0.25, 0.3) is 0 Å². The first kappa shape index (κ1) is 24.6. The van der Waals surface area contributed by atoms with Crippen molar-refractivity contribution in [2.75, 3.05) is 25.0 Å². The average molecular weight is 498 g/mol. The van der Waals surface area contributed by atoms with E-state index in [0.29, 0.717) is 49.8 Å². The fraction of sp³-hybridized carbons (Fsp3) is 0.333. The number of sulfonamides is 1. The molecular weight excluding hydrogens is 470 g/mol. The van der Waals surface area contributed by atoms with Gasteiger partial charge < -0.3 is 14.7 Å². The zero-order chi connectivity index (χ0) is 24.8. The molecule has 1 saturated heterocycles. The number of benzene rings is 2. The Bertz CT molecular complexity index is 1280. The fourth-order valence-electron chi connectivity index (χ4n) is 3.83. The van der Waals surface area contributed by atoms with E-state index in [1.54, 1.807) is 42.2 Å². The van der Waals surface area contributed by atoms with Crippen molar-refractivity contribution in [3.63, 3.8) is 0 Å². The zero-order valence-electron chi connectivity index (χ0n) is 19.3. The van der Waals surface area contributed by atoms with Crippen molar-refractivity contribution < 1.29 is 22.5 Å². The van der Waals surface area contributed by atoms with Gasteiger partial charge in [-0.25, -0.2) is 13.1 Å². The van der Waals surface area contributed by atoms with E-state index < -0.39 is 10.0 Å². The van der Waals surface area contributed by atoms with Crippen LogP contribution in [0.25, 0.3) is 11.4 Å². The molecule has 0 saturated carbocycles. The minimum atomic E-state index is -3.74. The van der Waals surface area contributed by atoms with Crippen LogP contribution in [0.2, 0.25) is 0 Å². The van der Waals surface area contributed by atoms with E-state index in [1.807, 2.05) is 12.1 Å². The molecule has 2 N–H and O–H groups in total. The zero-order valence-corrected chi connectivity index (χ0v) is 20.1. The molecule has 1 fully saturated rings. The number of amides is 2. The van der Waals surface area contributed by atoms with Crippen LogP contribution in [0, 0.1) is 0 Å².